The first-order chi connectivity index (χ1) is 12.2. The quantitative estimate of drug-likeness (QED) is 0.772. The third kappa shape index (κ3) is 2.76. The van der Waals surface area contributed by atoms with Gasteiger partial charge in [-0.05, 0) is 42.0 Å². The summed E-state index contributed by atoms with van der Waals surface area (Å²) in [4.78, 5) is 19.8. The lowest BCUT2D eigenvalue weighted by atomic mass is 9.87. The topological polar surface area (TPSA) is 79.4 Å². The molecule has 2 aromatic carbocycles. The van der Waals surface area contributed by atoms with E-state index in [4.69, 9.17) is 4.74 Å². The largest absolute Gasteiger partial charge is 0.497 e. The van der Waals surface area contributed by atoms with Crippen LogP contribution in [0.3, 0.4) is 0 Å². The summed E-state index contributed by atoms with van der Waals surface area (Å²) in [5.74, 6) is 1.37. The smallest absolute Gasteiger partial charge is 0.243 e. The standard InChI is InChI=1S/C19H18N4O2/c1-11-15(10-20-23-19(11)24)13-5-8-16-17(9-13)22-18(21-16)12-3-6-14(25-2)7-4-12/h3-11,15H,1-2H3,(H,21,22)(H,23,24). The Morgan fingerprint density at radius 2 is 1.92 bits per heavy atom. The minimum atomic E-state index is -0.154. The Balaban J connectivity index is 1.70. The van der Waals surface area contributed by atoms with Crippen molar-refractivity contribution in [2.24, 2.45) is 11.0 Å². The van der Waals surface area contributed by atoms with Gasteiger partial charge in [-0.15, -0.1) is 0 Å². The Labute approximate surface area is 144 Å². The molecule has 0 spiro atoms. The Morgan fingerprint density at radius 3 is 2.68 bits per heavy atom. The number of aromatic nitrogens is 2. The number of carbonyl (C=O) groups excluding carboxylic acids is 1. The van der Waals surface area contributed by atoms with Crippen molar-refractivity contribution in [3.8, 4) is 17.1 Å². The summed E-state index contributed by atoms with van der Waals surface area (Å²) in [6.07, 6.45) is 1.79. The van der Waals surface area contributed by atoms with Crippen LogP contribution in [0.15, 0.2) is 47.6 Å². The maximum absolute atomic E-state index is 11.8. The lowest BCUT2D eigenvalue weighted by Gasteiger charge is -2.22. The van der Waals surface area contributed by atoms with Crippen LogP contribution >= 0.6 is 0 Å². The first-order valence-corrected chi connectivity index (χ1v) is 8.13. The minimum absolute atomic E-state index is 0.0362. The predicted octanol–water partition coefficient (Wildman–Crippen LogP) is 3.07. The van der Waals surface area contributed by atoms with Crippen molar-refractivity contribution >= 4 is 23.2 Å². The van der Waals surface area contributed by atoms with Gasteiger partial charge in [0, 0.05) is 23.6 Å². The van der Waals surface area contributed by atoms with Crippen LogP contribution in [0.25, 0.3) is 22.4 Å². The van der Waals surface area contributed by atoms with Gasteiger partial charge in [0.2, 0.25) is 5.91 Å². The van der Waals surface area contributed by atoms with Crippen molar-refractivity contribution < 1.29 is 9.53 Å². The van der Waals surface area contributed by atoms with Gasteiger partial charge < -0.3 is 9.72 Å². The number of hydrogen-bond donors (Lipinski definition) is 2. The molecule has 1 amide bonds. The zero-order valence-corrected chi connectivity index (χ0v) is 14.0. The number of methoxy groups -OCH3 is 1. The summed E-state index contributed by atoms with van der Waals surface area (Å²) >= 11 is 0. The number of amides is 1. The second-order valence-corrected chi connectivity index (χ2v) is 6.16. The van der Waals surface area contributed by atoms with Crippen molar-refractivity contribution in [1.29, 1.82) is 0 Å². The van der Waals surface area contributed by atoms with Gasteiger partial charge in [-0.2, -0.15) is 5.10 Å². The van der Waals surface area contributed by atoms with Crippen LogP contribution < -0.4 is 10.2 Å². The lowest BCUT2D eigenvalue weighted by Crippen LogP contribution is -2.34. The normalized spacial score (nSPS) is 19.8. The Kier molecular flexibility index (Phi) is 3.72. The van der Waals surface area contributed by atoms with Crippen LogP contribution in [0.5, 0.6) is 5.75 Å². The highest BCUT2D eigenvalue weighted by Crippen LogP contribution is 2.29. The summed E-state index contributed by atoms with van der Waals surface area (Å²) in [5.41, 5.74) is 6.37. The van der Waals surface area contributed by atoms with E-state index in [9.17, 15) is 4.79 Å². The van der Waals surface area contributed by atoms with E-state index in [0.717, 1.165) is 33.7 Å². The lowest BCUT2D eigenvalue weighted by molar-refractivity contribution is -0.125. The zero-order chi connectivity index (χ0) is 17.4. The van der Waals surface area contributed by atoms with E-state index in [1.54, 1.807) is 13.3 Å². The van der Waals surface area contributed by atoms with E-state index in [1.807, 2.05) is 49.4 Å². The molecule has 0 bridgehead atoms. The molecule has 1 aromatic heterocycles. The molecular formula is C19H18N4O2. The molecule has 0 saturated carbocycles. The van der Waals surface area contributed by atoms with Gasteiger partial charge in [-0.1, -0.05) is 13.0 Å². The molecule has 126 valence electrons. The van der Waals surface area contributed by atoms with Crippen molar-refractivity contribution in [2.75, 3.05) is 7.11 Å². The zero-order valence-electron chi connectivity index (χ0n) is 14.0. The molecule has 2 atom stereocenters. The molecule has 0 aliphatic carbocycles. The molecule has 2 heterocycles. The number of carbonyl (C=O) groups is 1. The monoisotopic (exact) mass is 334 g/mol. The van der Waals surface area contributed by atoms with Gasteiger partial charge in [0.15, 0.2) is 0 Å². The molecule has 0 radical (unpaired) electrons. The van der Waals surface area contributed by atoms with E-state index in [0.29, 0.717) is 0 Å². The molecule has 1 aliphatic heterocycles. The first-order valence-electron chi connectivity index (χ1n) is 8.13. The van der Waals surface area contributed by atoms with E-state index < -0.39 is 0 Å². The van der Waals surface area contributed by atoms with Gasteiger partial charge in [0.1, 0.15) is 11.6 Å². The number of rotatable bonds is 3. The molecule has 3 aromatic rings. The fourth-order valence-electron chi connectivity index (χ4n) is 3.07. The molecule has 2 N–H and O–H groups in total. The molecule has 2 unspecified atom stereocenters. The van der Waals surface area contributed by atoms with E-state index in [-0.39, 0.29) is 17.7 Å². The van der Waals surface area contributed by atoms with Crippen LogP contribution in [-0.2, 0) is 4.79 Å². The van der Waals surface area contributed by atoms with Gasteiger partial charge >= 0.3 is 0 Å². The van der Waals surface area contributed by atoms with E-state index in [2.05, 4.69) is 20.5 Å². The highest BCUT2D eigenvalue weighted by molar-refractivity contribution is 5.89. The number of nitrogens with zero attached hydrogens (tertiary/aromatic N) is 2. The summed E-state index contributed by atoms with van der Waals surface area (Å²) in [5, 5.41) is 3.95. The van der Waals surface area contributed by atoms with Crippen LogP contribution in [0.2, 0.25) is 0 Å². The van der Waals surface area contributed by atoms with Crippen LogP contribution in [0, 0.1) is 5.92 Å². The van der Waals surface area contributed by atoms with Crippen LogP contribution in [0.4, 0.5) is 0 Å². The molecule has 6 heteroatoms. The Morgan fingerprint density at radius 1 is 1.12 bits per heavy atom. The second-order valence-electron chi connectivity index (χ2n) is 6.16. The average molecular weight is 334 g/mol. The molecule has 6 nitrogen and oxygen atoms in total. The van der Waals surface area contributed by atoms with Gasteiger partial charge in [-0.3, -0.25) is 4.79 Å². The number of aromatic amines is 1. The first kappa shape index (κ1) is 15.4. The number of benzene rings is 2. The van der Waals surface area contributed by atoms with Crippen molar-refractivity contribution in [3.63, 3.8) is 0 Å². The second kappa shape index (κ2) is 6.05. The van der Waals surface area contributed by atoms with Gasteiger partial charge in [-0.25, -0.2) is 10.4 Å². The summed E-state index contributed by atoms with van der Waals surface area (Å²) < 4.78 is 5.19. The SMILES string of the molecule is COc1ccc(-c2nc3ccc(C4C=NNC(=O)C4C)cc3[nH]2)cc1. The minimum Gasteiger partial charge on any atom is -0.497 e. The third-order valence-electron chi connectivity index (χ3n) is 4.62. The molecule has 0 fully saturated rings. The summed E-state index contributed by atoms with van der Waals surface area (Å²) in [7, 11) is 1.65. The molecule has 25 heavy (non-hydrogen) atoms. The van der Waals surface area contributed by atoms with E-state index >= 15 is 0 Å². The van der Waals surface area contributed by atoms with Crippen molar-refractivity contribution in [1.82, 2.24) is 15.4 Å². The van der Waals surface area contributed by atoms with E-state index in [1.165, 1.54) is 0 Å². The number of ether oxygens (including phenoxy) is 1. The third-order valence-corrected chi connectivity index (χ3v) is 4.62. The Bertz CT molecular complexity index is 959. The maximum atomic E-state index is 11.8. The van der Waals surface area contributed by atoms with Crippen LogP contribution in [0.1, 0.15) is 18.4 Å². The fourth-order valence-corrected chi connectivity index (χ4v) is 3.07. The number of hydrogen-bond acceptors (Lipinski definition) is 4. The molecule has 4 rings (SSSR count). The highest BCUT2D eigenvalue weighted by atomic mass is 16.5. The average Bonchev–Trinajstić information content (AvgIpc) is 3.07. The summed E-state index contributed by atoms with van der Waals surface area (Å²) in [6, 6.07) is 13.8. The number of nitrogens with one attached hydrogen (secondary N) is 2. The maximum Gasteiger partial charge on any atom is 0.243 e. The van der Waals surface area contributed by atoms with Crippen molar-refractivity contribution in [2.45, 2.75) is 12.8 Å². The number of H-pyrrole nitrogens is 1. The Hall–Kier alpha value is -3.15. The van der Waals surface area contributed by atoms with Crippen molar-refractivity contribution in [3.05, 3.63) is 48.0 Å². The van der Waals surface area contributed by atoms with Crippen LogP contribution in [-0.4, -0.2) is 29.2 Å². The highest BCUT2D eigenvalue weighted by Gasteiger charge is 2.27. The summed E-state index contributed by atoms with van der Waals surface area (Å²) in [6.45, 7) is 1.91. The van der Waals surface area contributed by atoms with Gasteiger partial charge in [0.25, 0.3) is 0 Å². The molecular weight excluding hydrogens is 316 g/mol. The number of fused-ring (bicyclic) bond motifs is 1. The number of hydrazone groups is 1. The number of imidazole rings is 1. The molecule has 1 aliphatic rings. The predicted molar refractivity (Wildman–Crippen MR) is 96.6 cm³/mol. The molecule has 0 saturated heterocycles. The fraction of sp³-hybridized carbons (Fsp3) is 0.211. The van der Waals surface area contributed by atoms with Gasteiger partial charge in [0.05, 0.1) is 18.1 Å².